The normalized spacial score (nSPS) is 13.8. The molecule has 2 amide bonds. The molecule has 0 spiro atoms. The lowest BCUT2D eigenvalue weighted by Crippen LogP contribution is -2.29. The number of nitrogens with two attached hydrogens (primary N) is 1. The van der Waals surface area contributed by atoms with Gasteiger partial charge in [0.1, 0.15) is 0 Å². The molecule has 2 aromatic carbocycles. The van der Waals surface area contributed by atoms with E-state index in [1.54, 1.807) is 30.3 Å². The van der Waals surface area contributed by atoms with Crippen molar-refractivity contribution in [3.8, 4) is 0 Å². The Hall–Kier alpha value is -2.62. The zero-order chi connectivity index (χ0) is 14.3. The van der Waals surface area contributed by atoms with Gasteiger partial charge in [0.15, 0.2) is 0 Å². The molecular formula is C16H14N2O2. The van der Waals surface area contributed by atoms with Gasteiger partial charge in [-0.3, -0.25) is 14.5 Å². The summed E-state index contributed by atoms with van der Waals surface area (Å²) in [6, 6.07) is 12.4. The monoisotopic (exact) mass is 266 g/mol. The van der Waals surface area contributed by atoms with Crippen molar-refractivity contribution in [2.45, 2.75) is 13.5 Å². The smallest absolute Gasteiger partial charge is 0.261 e. The molecule has 3 rings (SSSR count). The van der Waals surface area contributed by atoms with E-state index in [9.17, 15) is 9.59 Å². The van der Waals surface area contributed by atoms with Crippen molar-refractivity contribution in [3.05, 3.63) is 64.7 Å². The third kappa shape index (κ3) is 1.86. The Morgan fingerprint density at radius 3 is 2.15 bits per heavy atom. The fourth-order valence-corrected chi connectivity index (χ4v) is 2.45. The van der Waals surface area contributed by atoms with Crippen molar-refractivity contribution in [2.75, 3.05) is 5.73 Å². The Morgan fingerprint density at radius 2 is 1.60 bits per heavy atom. The van der Waals surface area contributed by atoms with Crippen LogP contribution in [0.1, 0.15) is 31.8 Å². The van der Waals surface area contributed by atoms with E-state index in [2.05, 4.69) is 0 Å². The van der Waals surface area contributed by atoms with Gasteiger partial charge >= 0.3 is 0 Å². The van der Waals surface area contributed by atoms with Gasteiger partial charge in [0, 0.05) is 5.69 Å². The van der Waals surface area contributed by atoms with Crippen molar-refractivity contribution in [1.29, 1.82) is 0 Å². The number of anilines is 1. The summed E-state index contributed by atoms with van der Waals surface area (Å²) < 4.78 is 0. The van der Waals surface area contributed by atoms with E-state index in [4.69, 9.17) is 5.73 Å². The maximum absolute atomic E-state index is 12.3. The first kappa shape index (κ1) is 12.4. The molecule has 0 fully saturated rings. The third-order valence-corrected chi connectivity index (χ3v) is 3.57. The van der Waals surface area contributed by atoms with Crippen LogP contribution in [0.5, 0.6) is 0 Å². The second-order valence-corrected chi connectivity index (χ2v) is 4.93. The summed E-state index contributed by atoms with van der Waals surface area (Å²) >= 11 is 0. The number of fused-ring (bicyclic) bond motifs is 1. The summed E-state index contributed by atoms with van der Waals surface area (Å²) in [6.45, 7) is 2.20. The molecule has 20 heavy (non-hydrogen) atoms. The highest BCUT2D eigenvalue weighted by atomic mass is 16.2. The number of imide groups is 1. The van der Waals surface area contributed by atoms with Crippen LogP contribution in [-0.4, -0.2) is 16.7 Å². The second kappa shape index (κ2) is 4.49. The Morgan fingerprint density at radius 1 is 1.00 bits per heavy atom. The van der Waals surface area contributed by atoms with Crippen LogP contribution in [-0.2, 0) is 6.54 Å². The largest absolute Gasteiger partial charge is 0.399 e. The second-order valence-electron chi connectivity index (χ2n) is 4.93. The fraction of sp³-hybridized carbons (Fsp3) is 0.125. The van der Waals surface area contributed by atoms with Gasteiger partial charge in [-0.25, -0.2) is 0 Å². The van der Waals surface area contributed by atoms with Gasteiger partial charge in [-0.1, -0.05) is 18.2 Å². The predicted molar refractivity (Wildman–Crippen MR) is 76.2 cm³/mol. The molecule has 4 nitrogen and oxygen atoms in total. The Bertz CT molecular complexity index is 687. The highest BCUT2D eigenvalue weighted by molar-refractivity contribution is 6.21. The lowest BCUT2D eigenvalue weighted by molar-refractivity contribution is 0.0642. The first-order chi connectivity index (χ1) is 9.58. The molecule has 0 saturated heterocycles. The van der Waals surface area contributed by atoms with E-state index in [1.807, 2.05) is 19.1 Å². The molecule has 1 aliphatic heterocycles. The van der Waals surface area contributed by atoms with E-state index < -0.39 is 0 Å². The summed E-state index contributed by atoms with van der Waals surface area (Å²) in [5, 5.41) is 0. The minimum atomic E-state index is -0.234. The van der Waals surface area contributed by atoms with Crippen LogP contribution in [0, 0.1) is 6.92 Å². The number of nitrogen functional groups attached to an aromatic ring is 1. The number of carbonyl (C=O) groups is 2. The number of carbonyl (C=O) groups excluding carboxylic acids is 2. The SMILES string of the molecule is Cc1cc(N)ccc1CN1C(=O)c2ccccc2C1=O. The molecule has 2 aromatic rings. The molecule has 0 saturated carbocycles. The van der Waals surface area contributed by atoms with Crippen LogP contribution in [0.2, 0.25) is 0 Å². The number of nitrogens with zero attached hydrogens (tertiary/aromatic N) is 1. The molecule has 1 aliphatic rings. The van der Waals surface area contributed by atoms with Gasteiger partial charge in [0.2, 0.25) is 0 Å². The van der Waals surface area contributed by atoms with Crippen LogP contribution < -0.4 is 5.73 Å². The van der Waals surface area contributed by atoms with Gasteiger partial charge in [-0.2, -0.15) is 0 Å². The average Bonchev–Trinajstić information content (AvgIpc) is 2.67. The fourth-order valence-electron chi connectivity index (χ4n) is 2.45. The van der Waals surface area contributed by atoms with E-state index in [0.717, 1.165) is 11.1 Å². The number of benzene rings is 2. The summed E-state index contributed by atoms with van der Waals surface area (Å²) in [5.74, 6) is -0.469. The summed E-state index contributed by atoms with van der Waals surface area (Å²) in [5.41, 5.74) is 9.24. The molecule has 4 heteroatoms. The number of hydrogen-bond donors (Lipinski definition) is 1. The molecule has 0 unspecified atom stereocenters. The van der Waals surface area contributed by atoms with Crippen molar-refractivity contribution in [1.82, 2.24) is 4.90 Å². The van der Waals surface area contributed by atoms with Crippen molar-refractivity contribution in [3.63, 3.8) is 0 Å². The van der Waals surface area contributed by atoms with E-state index in [0.29, 0.717) is 16.8 Å². The number of aryl methyl sites for hydroxylation is 1. The first-order valence-corrected chi connectivity index (χ1v) is 6.38. The predicted octanol–water partition coefficient (Wildman–Crippen LogP) is 2.37. The number of hydrogen-bond acceptors (Lipinski definition) is 3. The third-order valence-electron chi connectivity index (χ3n) is 3.57. The Kier molecular flexibility index (Phi) is 2.79. The highest BCUT2D eigenvalue weighted by Crippen LogP contribution is 2.25. The molecule has 100 valence electrons. The summed E-state index contributed by atoms with van der Waals surface area (Å²) in [6.07, 6.45) is 0. The Balaban J connectivity index is 1.94. The topological polar surface area (TPSA) is 63.4 Å². The lowest BCUT2D eigenvalue weighted by atomic mass is 10.1. The van der Waals surface area contributed by atoms with Crippen LogP contribution in [0.4, 0.5) is 5.69 Å². The van der Waals surface area contributed by atoms with E-state index in [1.165, 1.54) is 4.90 Å². The van der Waals surface area contributed by atoms with Crippen molar-refractivity contribution in [2.24, 2.45) is 0 Å². The zero-order valence-electron chi connectivity index (χ0n) is 11.1. The van der Waals surface area contributed by atoms with Crippen LogP contribution in [0.3, 0.4) is 0 Å². The van der Waals surface area contributed by atoms with Gasteiger partial charge in [-0.15, -0.1) is 0 Å². The standard InChI is InChI=1S/C16H14N2O2/c1-10-8-12(17)7-6-11(10)9-18-15(19)13-4-2-3-5-14(13)16(18)20/h2-8H,9,17H2,1H3. The molecule has 1 heterocycles. The maximum atomic E-state index is 12.3. The maximum Gasteiger partial charge on any atom is 0.261 e. The Labute approximate surface area is 116 Å². The van der Waals surface area contributed by atoms with Gasteiger partial charge in [-0.05, 0) is 42.3 Å². The zero-order valence-corrected chi connectivity index (χ0v) is 11.1. The number of amides is 2. The summed E-state index contributed by atoms with van der Waals surface area (Å²) in [4.78, 5) is 25.8. The van der Waals surface area contributed by atoms with Crippen molar-refractivity contribution < 1.29 is 9.59 Å². The lowest BCUT2D eigenvalue weighted by Gasteiger charge is -2.15. The van der Waals surface area contributed by atoms with Crippen LogP contribution in [0.25, 0.3) is 0 Å². The van der Waals surface area contributed by atoms with Crippen LogP contribution in [0.15, 0.2) is 42.5 Å². The minimum absolute atomic E-state index is 0.234. The minimum Gasteiger partial charge on any atom is -0.399 e. The molecule has 0 bridgehead atoms. The molecule has 0 atom stereocenters. The van der Waals surface area contributed by atoms with Gasteiger partial charge in [0.25, 0.3) is 11.8 Å². The van der Waals surface area contributed by atoms with Crippen molar-refractivity contribution >= 4 is 17.5 Å². The van der Waals surface area contributed by atoms with Crippen LogP contribution >= 0.6 is 0 Å². The van der Waals surface area contributed by atoms with Gasteiger partial charge in [0.05, 0.1) is 17.7 Å². The summed E-state index contributed by atoms with van der Waals surface area (Å²) in [7, 11) is 0. The molecular weight excluding hydrogens is 252 g/mol. The average molecular weight is 266 g/mol. The quantitative estimate of drug-likeness (QED) is 0.670. The highest BCUT2D eigenvalue weighted by Gasteiger charge is 2.35. The van der Waals surface area contributed by atoms with Gasteiger partial charge < -0.3 is 5.73 Å². The van der Waals surface area contributed by atoms with E-state index >= 15 is 0 Å². The first-order valence-electron chi connectivity index (χ1n) is 6.38. The molecule has 2 N–H and O–H groups in total. The molecule has 0 aliphatic carbocycles. The molecule has 0 aromatic heterocycles. The van der Waals surface area contributed by atoms with E-state index in [-0.39, 0.29) is 18.4 Å². The number of rotatable bonds is 2. The molecule has 0 radical (unpaired) electrons.